The van der Waals surface area contributed by atoms with Gasteiger partial charge in [0, 0.05) is 6.08 Å². The first-order chi connectivity index (χ1) is 10.7. The van der Waals surface area contributed by atoms with Crippen LogP contribution in [0.1, 0.15) is 32.6 Å². The highest BCUT2D eigenvalue weighted by Crippen LogP contribution is 2.27. The maximum Gasteiger partial charge on any atom is 0.244 e. The van der Waals surface area contributed by atoms with Crippen molar-refractivity contribution in [3.05, 3.63) is 24.0 Å². The minimum Gasteiger partial charge on any atom is -0.482 e. The fourth-order valence-corrected chi connectivity index (χ4v) is 2.95. The van der Waals surface area contributed by atoms with E-state index in [4.69, 9.17) is 9.47 Å². The maximum absolute atomic E-state index is 12.2. The maximum atomic E-state index is 12.2. The zero-order valence-corrected chi connectivity index (χ0v) is 12.9. The minimum absolute atomic E-state index is 0.0409. The highest BCUT2D eigenvalue weighted by Gasteiger charge is 2.31. The van der Waals surface area contributed by atoms with Crippen LogP contribution in [0, 0.1) is 5.92 Å². The number of carbonyl (C=O) groups is 1. The Labute approximate surface area is 130 Å². The molecule has 2 heterocycles. The molecule has 22 heavy (non-hydrogen) atoms. The van der Waals surface area contributed by atoms with Crippen molar-refractivity contribution in [1.29, 1.82) is 0 Å². The van der Waals surface area contributed by atoms with Gasteiger partial charge in [0.05, 0.1) is 31.6 Å². The summed E-state index contributed by atoms with van der Waals surface area (Å²) in [5, 5.41) is 9.55. The van der Waals surface area contributed by atoms with E-state index in [1.807, 2.05) is 0 Å². The Hall–Kier alpha value is -1.82. The van der Waals surface area contributed by atoms with Crippen LogP contribution in [0.4, 0.5) is 0 Å². The topological polar surface area (TPSA) is 76.2 Å². The Morgan fingerprint density at radius 3 is 3.00 bits per heavy atom. The van der Waals surface area contributed by atoms with Gasteiger partial charge in [-0.2, -0.15) is 5.10 Å². The fraction of sp³-hybridized carbons (Fsp3) is 0.625. The summed E-state index contributed by atoms with van der Waals surface area (Å²) in [4.78, 5) is 12.2. The van der Waals surface area contributed by atoms with Crippen LogP contribution in [0.15, 0.2) is 24.0 Å². The average molecular weight is 305 g/mol. The molecule has 6 nitrogen and oxygen atoms in total. The van der Waals surface area contributed by atoms with E-state index in [1.165, 1.54) is 18.4 Å². The molecule has 0 bridgehead atoms. The highest BCUT2D eigenvalue weighted by molar-refractivity contribution is 5.88. The molecule has 2 aliphatic rings. The van der Waals surface area contributed by atoms with Gasteiger partial charge >= 0.3 is 0 Å². The molecule has 2 atom stereocenters. The molecule has 0 spiro atoms. The Kier molecular flexibility index (Phi) is 4.77. The van der Waals surface area contributed by atoms with Gasteiger partial charge in [-0.25, -0.2) is 0 Å². The number of aromatic nitrogens is 2. The van der Waals surface area contributed by atoms with E-state index >= 15 is 0 Å². The lowest BCUT2D eigenvalue weighted by atomic mass is 9.87. The number of hydrogen-bond acceptors (Lipinski definition) is 4. The summed E-state index contributed by atoms with van der Waals surface area (Å²) in [5.74, 6) is 1.39. The van der Waals surface area contributed by atoms with E-state index in [0.29, 0.717) is 19.0 Å². The van der Waals surface area contributed by atoms with Crippen molar-refractivity contribution in [1.82, 2.24) is 15.5 Å². The van der Waals surface area contributed by atoms with E-state index < -0.39 is 0 Å². The summed E-state index contributed by atoms with van der Waals surface area (Å²) < 4.78 is 11.2. The number of nitrogens with zero attached hydrogens (tertiary/aromatic N) is 1. The fourth-order valence-electron chi connectivity index (χ4n) is 2.95. The van der Waals surface area contributed by atoms with Crippen molar-refractivity contribution in [2.45, 2.75) is 44.8 Å². The van der Waals surface area contributed by atoms with Crippen molar-refractivity contribution in [3.8, 4) is 5.75 Å². The first kappa shape index (κ1) is 15.1. The van der Waals surface area contributed by atoms with Crippen LogP contribution < -0.4 is 10.1 Å². The van der Waals surface area contributed by atoms with E-state index in [9.17, 15) is 4.79 Å². The summed E-state index contributed by atoms with van der Waals surface area (Å²) in [7, 11) is 0. The number of aromatic amines is 1. The summed E-state index contributed by atoms with van der Waals surface area (Å²) in [6, 6.07) is -0.123. The summed E-state index contributed by atoms with van der Waals surface area (Å²) >= 11 is 0. The third-order valence-corrected chi connectivity index (χ3v) is 4.37. The quantitative estimate of drug-likeness (QED) is 0.832. The van der Waals surface area contributed by atoms with Crippen LogP contribution in [-0.4, -0.2) is 41.5 Å². The molecule has 0 radical (unpaired) electrons. The molecule has 2 N–H and O–H groups in total. The number of ether oxygens (including phenoxy) is 2. The van der Waals surface area contributed by atoms with Crippen LogP contribution in [0.3, 0.4) is 0 Å². The normalized spacial score (nSPS) is 28.4. The van der Waals surface area contributed by atoms with Gasteiger partial charge in [-0.1, -0.05) is 12.5 Å². The van der Waals surface area contributed by atoms with Crippen molar-refractivity contribution >= 4 is 5.91 Å². The molecule has 120 valence electrons. The monoisotopic (exact) mass is 305 g/mol. The lowest BCUT2D eigenvalue weighted by Gasteiger charge is -2.21. The highest BCUT2D eigenvalue weighted by atomic mass is 16.5. The van der Waals surface area contributed by atoms with Crippen molar-refractivity contribution in [3.63, 3.8) is 0 Å². The number of H-pyrrole nitrogens is 1. The molecule has 1 saturated carbocycles. The van der Waals surface area contributed by atoms with E-state index in [1.54, 1.807) is 18.5 Å². The molecular formula is C16H23N3O3. The molecule has 0 aromatic carbocycles. The molecule has 6 heteroatoms. The standard InChI is InChI=1S/C16H23N3O3/c1-11-2-4-12(5-3-11)6-16(20)19-14-9-21-10-15(14)22-13-7-17-18-8-13/h6-8,11,14-15H,2-5,9-10H2,1H3,(H,17,18)(H,19,20)/t11?,14-,15+/m0/s1. The number of nitrogens with one attached hydrogen (secondary N) is 2. The summed E-state index contributed by atoms with van der Waals surface area (Å²) in [6.07, 6.45) is 9.31. The molecule has 0 unspecified atom stereocenters. The van der Waals surface area contributed by atoms with Gasteiger partial charge in [-0.05, 0) is 31.6 Å². The zero-order chi connectivity index (χ0) is 15.4. The smallest absolute Gasteiger partial charge is 0.244 e. The summed E-state index contributed by atoms with van der Waals surface area (Å²) in [6.45, 7) is 3.23. The van der Waals surface area contributed by atoms with Crippen molar-refractivity contribution in [2.24, 2.45) is 5.92 Å². The van der Waals surface area contributed by atoms with Crippen LogP contribution in [-0.2, 0) is 9.53 Å². The lowest BCUT2D eigenvalue weighted by molar-refractivity contribution is -0.117. The average Bonchev–Trinajstić information content (AvgIpc) is 3.15. The summed E-state index contributed by atoms with van der Waals surface area (Å²) in [5.41, 5.74) is 1.25. The first-order valence-electron chi connectivity index (χ1n) is 7.94. The number of carbonyl (C=O) groups excluding carboxylic acids is 1. The lowest BCUT2D eigenvalue weighted by Crippen LogP contribution is -2.44. The molecule has 1 aromatic rings. The molecule has 1 amide bonds. The van der Waals surface area contributed by atoms with Gasteiger partial charge in [0.25, 0.3) is 0 Å². The van der Waals surface area contributed by atoms with Crippen LogP contribution in [0.25, 0.3) is 0 Å². The number of amides is 1. The van der Waals surface area contributed by atoms with Gasteiger partial charge in [0.15, 0.2) is 5.75 Å². The predicted molar refractivity (Wildman–Crippen MR) is 81.5 cm³/mol. The van der Waals surface area contributed by atoms with Crippen molar-refractivity contribution in [2.75, 3.05) is 13.2 Å². The van der Waals surface area contributed by atoms with Crippen molar-refractivity contribution < 1.29 is 14.3 Å². The van der Waals surface area contributed by atoms with E-state index in [-0.39, 0.29) is 18.1 Å². The second-order valence-corrected chi connectivity index (χ2v) is 6.23. The Morgan fingerprint density at radius 2 is 2.27 bits per heavy atom. The third kappa shape index (κ3) is 3.88. The number of hydrogen-bond donors (Lipinski definition) is 2. The Bertz CT molecular complexity index is 517. The zero-order valence-electron chi connectivity index (χ0n) is 12.9. The van der Waals surface area contributed by atoms with Crippen LogP contribution in [0.5, 0.6) is 5.75 Å². The molecule has 3 rings (SSSR count). The van der Waals surface area contributed by atoms with E-state index in [2.05, 4.69) is 22.4 Å². The second-order valence-electron chi connectivity index (χ2n) is 6.23. The molecule has 1 aliphatic heterocycles. The van der Waals surface area contributed by atoms with Gasteiger partial charge in [-0.15, -0.1) is 0 Å². The Morgan fingerprint density at radius 1 is 1.45 bits per heavy atom. The number of allylic oxidation sites excluding steroid dienone is 1. The third-order valence-electron chi connectivity index (χ3n) is 4.37. The minimum atomic E-state index is -0.175. The molecule has 1 saturated heterocycles. The van der Waals surface area contributed by atoms with Gasteiger partial charge in [-0.3, -0.25) is 9.89 Å². The largest absolute Gasteiger partial charge is 0.482 e. The number of rotatable bonds is 4. The molecule has 1 aromatic heterocycles. The van der Waals surface area contributed by atoms with Gasteiger partial charge < -0.3 is 14.8 Å². The molecule has 2 fully saturated rings. The van der Waals surface area contributed by atoms with Crippen LogP contribution >= 0.6 is 0 Å². The predicted octanol–water partition coefficient (Wildman–Crippen LogP) is 1.81. The molecule has 1 aliphatic carbocycles. The second kappa shape index (κ2) is 6.96. The molecular weight excluding hydrogens is 282 g/mol. The van der Waals surface area contributed by atoms with Gasteiger partial charge in [0.1, 0.15) is 6.10 Å². The Balaban J connectivity index is 1.53. The van der Waals surface area contributed by atoms with Gasteiger partial charge in [0.2, 0.25) is 5.91 Å². The first-order valence-corrected chi connectivity index (χ1v) is 7.94. The van der Waals surface area contributed by atoms with E-state index in [0.717, 1.165) is 18.8 Å². The van der Waals surface area contributed by atoms with Crippen LogP contribution in [0.2, 0.25) is 0 Å². The SMILES string of the molecule is CC1CCC(=CC(=O)N[C@H]2COC[C@H]2Oc2cn[nH]c2)CC1.